The molecule has 2 aliphatic rings. The van der Waals surface area contributed by atoms with Crippen LogP contribution in [0, 0.1) is 35.5 Å². The maximum atomic E-state index is 11.5. The normalized spacial score (nSPS) is 11.6. The zero-order chi connectivity index (χ0) is 62.1. The third kappa shape index (κ3) is 12.5. The van der Waals surface area contributed by atoms with Gasteiger partial charge in [-0.1, -0.05) is 132 Å². The summed E-state index contributed by atoms with van der Waals surface area (Å²) in [5.74, 6) is 16.3. The summed E-state index contributed by atoms with van der Waals surface area (Å²) in [5.41, 5.74) is 20.5. The molecule has 8 bridgehead atoms. The molecule has 5 heterocycles. The summed E-state index contributed by atoms with van der Waals surface area (Å²) in [4.78, 5) is 53.5. The number of nitrogens with one attached hydrogen (secondary N) is 2. The fraction of sp³-hybridized carbons (Fsp3) is 0.101. The number of carbonyl (C=O) groups is 3. The molecule has 0 saturated heterocycles. The number of benzene rings is 7. The van der Waals surface area contributed by atoms with Crippen molar-refractivity contribution in [3.8, 4) is 80.0 Å². The van der Waals surface area contributed by atoms with E-state index in [2.05, 4.69) is 178 Å². The lowest BCUT2D eigenvalue weighted by Gasteiger charge is -2.26. The van der Waals surface area contributed by atoms with E-state index in [0.717, 1.165) is 106 Å². The molecule has 10 aromatic rings. The van der Waals surface area contributed by atoms with Gasteiger partial charge in [-0.2, -0.15) is 0 Å². The number of hydrogen-bond acceptors (Lipinski definition) is 5. The van der Waals surface area contributed by atoms with Crippen molar-refractivity contribution in [3.05, 3.63) is 272 Å². The van der Waals surface area contributed by atoms with E-state index >= 15 is 0 Å². The molecule has 0 spiro atoms. The predicted molar refractivity (Wildman–Crippen MR) is 356 cm³/mol. The van der Waals surface area contributed by atoms with Gasteiger partial charge in [-0.25, -0.2) is 24.4 Å². The maximum Gasteiger partial charge on any atom is 0.335 e. The first-order valence-electron chi connectivity index (χ1n) is 29.0. The van der Waals surface area contributed by atoms with Crippen molar-refractivity contribution in [2.75, 3.05) is 0 Å². The first-order valence-corrected chi connectivity index (χ1v) is 29.0. The second kappa shape index (κ2) is 23.6. The van der Waals surface area contributed by atoms with Crippen LogP contribution in [0.1, 0.15) is 140 Å². The number of carboxylic acids is 3. The molecule has 0 fully saturated rings. The molecule has 5 N–H and O–H groups in total. The number of aromatic nitrogens is 4. The summed E-state index contributed by atoms with van der Waals surface area (Å²) in [6, 6.07) is 59.0. The molecule has 89 heavy (non-hydrogen) atoms. The predicted octanol–water partition coefficient (Wildman–Crippen LogP) is 17.2. The molecule has 0 atom stereocenters. The molecule has 0 radical (unpaired) electrons. The highest BCUT2D eigenvalue weighted by Crippen LogP contribution is 2.41. The Kier molecular flexibility index (Phi) is 15.3. The highest BCUT2D eigenvalue weighted by Gasteiger charge is 2.24. The van der Waals surface area contributed by atoms with Crippen LogP contribution in [0.25, 0.3) is 90.9 Å². The van der Waals surface area contributed by atoms with Crippen molar-refractivity contribution >= 4 is 64.3 Å². The maximum absolute atomic E-state index is 11.5. The number of carboxylic acid groups (broad SMARTS) is 3. The lowest BCUT2D eigenvalue weighted by Crippen LogP contribution is -2.16. The lowest BCUT2D eigenvalue weighted by molar-refractivity contribution is 0.0686. The van der Waals surface area contributed by atoms with Crippen LogP contribution in [0.15, 0.2) is 188 Å². The Balaban J connectivity index is 1.10. The summed E-state index contributed by atoms with van der Waals surface area (Å²) >= 11 is 0. The van der Waals surface area contributed by atoms with E-state index < -0.39 is 17.9 Å². The molecule has 430 valence electrons. The van der Waals surface area contributed by atoms with Crippen molar-refractivity contribution in [3.63, 3.8) is 0 Å². The number of aromatic amines is 2. The van der Waals surface area contributed by atoms with Gasteiger partial charge in [0.05, 0.1) is 39.5 Å². The van der Waals surface area contributed by atoms with Gasteiger partial charge in [-0.15, -0.1) is 0 Å². The van der Waals surface area contributed by atoms with Crippen LogP contribution in [0.2, 0.25) is 0 Å². The monoisotopic (exact) mass is 1160 g/mol. The van der Waals surface area contributed by atoms with E-state index in [9.17, 15) is 29.7 Å². The molecule has 10 heteroatoms. The quantitative estimate of drug-likeness (QED) is 0.0983. The van der Waals surface area contributed by atoms with E-state index in [-0.39, 0.29) is 27.5 Å². The van der Waals surface area contributed by atoms with Gasteiger partial charge in [-0.05, 0) is 202 Å². The van der Waals surface area contributed by atoms with E-state index in [1.165, 1.54) is 11.1 Å². The van der Waals surface area contributed by atoms with Crippen molar-refractivity contribution in [2.45, 2.75) is 52.4 Å². The van der Waals surface area contributed by atoms with Crippen molar-refractivity contribution in [2.24, 2.45) is 0 Å². The van der Waals surface area contributed by atoms with Crippen molar-refractivity contribution < 1.29 is 29.7 Å². The average Bonchev–Trinajstić information content (AvgIpc) is 2.35. The largest absolute Gasteiger partial charge is 0.478 e. The fourth-order valence-corrected chi connectivity index (χ4v) is 10.7. The Morgan fingerprint density at radius 3 is 0.764 bits per heavy atom. The zero-order valence-corrected chi connectivity index (χ0v) is 49.7. The lowest BCUT2D eigenvalue weighted by atomic mass is 9.79. The molecule has 0 saturated carbocycles. The third-order valence-electron chi connectivity index (χ3n) is 15.7. The molecule has 0 amide bonds. The van der Waals surface area contributed by atoms with Gasteiger partial charge in [0.15, 0.2) is 0 Å². The molecule has 3 aromatic heterocycles. The van der Waals surface area contributed by atoms with Gasteiger partial charge in [0, 0.05) is 77.7 Å². The van der Waals surface area contributed by atoms with Crippen LogP contribution in [-0.4, -0.2) is 53.2 Å². The molecule has 10 nitrogen and oxygen atoms in total. The van der Waals surface area contributed by atoms with Crippen LogP contribution >= 0.6 is 0 Å². The van der Waals surface area contributed by atoms with Gasteiger partial charge >= 0.3 is 17.9 Å². The minimum Gasteiger partial charge on any atom is -0.478 e. The van der Waals surface area contributed by atoms with Gasteiger partial charge in [0.25, 0.3) is 0 Å². The molecular formula is C79H58N4O6. The van der Waals surface area contributed by atoms with E-state index in [0.29, 0.717) is 16.7 Å². The highest BCUT2D eigenvalue weighted by atomic mass is 16.4. The Morgan fingerprint density at radius 1 is 0.315 bits per heavy atom. The Labute approximate surface area is 515 Å². The summed E-state index contributed by atoms with van der Waals surface area (Å²) in [6.45, 7) is 13.5. The summed E-state index contributed by atoms with van der Waals surface area (Å²) in [5, 5.41) is 28.3. The van der Waals surface area contributed by atoms with Crippen LogP contribution in [0.4, 0.5) is 0 Å². The van der Waals surface area contributed by atoms with E-state index in [1.54, 1.807) is 72.8 Å². The first kappa shape index (κ1) is 57.7. The summed E-state index contributed by atoms with van der Waals surface area (Å²) in [7, 11) is 0. The van der Waals surface area contributed by atoms with Gasteiger partial charge in [0.1, 0.15) is 0 Å². The first-order chi connectivity index (χ1) is 42.8. The number of nitrogens with zero attached hydrogens (tertiary/aromatic N) is 2. The van der Waals surface area contributed by atoms with Crippen LogP contribution < -0.4 is 0 Å². The number of rotatable bonds is 7. The Morgan fingerprint density at radius 2 is 0.539 bits per heavy atom. The van der Waals surface area contributed by atoms with Gasteiger partial charge < -0.3 is 25.3 Å². The second-order valence-corrected chi connectivity index (χ2v) is 23.9. The van der Waals surface area contributed by atoms with Crippen molar-refractivity contribution in [1.29, 1.82) is 0 Å². The number of aromatic carboxylic acids is 3. The number of H-pyrrole nitrogens is 2. The van der Waals surface area contributed by atoms with Crippen LogP contribution in [0.3, 0.4) is 0 Å². The number of fused-ring (bicyclic) bond motifs is 8. The number of hydrogen-bond donors (Lipinski definition) is 5. The third-order valence-corrected chi connectivity index (χ3v) is 15.7. The standard InChI is InChI=1S/C79H58N4O6/c1-78(2,3)61-45-60(46-62(47-61)79(4,5)6)74-69-43-41-67(82-69)72(55-27-15-49(16-28-55)8-11-52-21-33-58(34-22-52)76(86)87)65-39-37-63(80-65)71(54-25-13-48(14-26-54)7-10-51-19-31-57(32-20-51)75(84)85)64-38-40-66(81-64)73(68-42-44-70(74)83-68)56-29-17-50(18-30-56)9-12-53-23-35-59(36-24-53)77(88)89/h13-47,80,83H,1-6H3,(H,84,85)(H,86,87)(H,88,89). The molecule has 12 rings (SSSR count). The second-order valence-electron chi connectivity index (χ2n) is 23.9. The molecule has 0 unspecified atom stereocenters. The average molecular weight is 1160 g/mol. The molecule has 0 aliphatic carbocycles. The fourth-order valence-electron chi connectivity index (χ4n) is 10.7. The smallest absolute Gasteiger partial charge is 0.335 e. The Bertz CT molecular complexity index is 4810. The molecule has 2 aliphatic heterocycles. The van der Waals surface area contributed by atoms with Crippen molar-refractivity contribution in [1.82, 2.24) is 19.9 Å². The highest BCUT2D eigenvalue weighted by molar-refractivity contribution is 6.00. The van der Waals surface area contributed by atoms with Gasteiger partial charge in [-0.3, -0.25) is 0 Å². The van der Waals surface area contributed by atoms with E-state index in [4.69, 9.17) is 9.97 Å². The Hall–Kier alpha value is -11.8. The zero-order valence-electron chi connectivity index (χ0n) is 49.7. The SMILES string of the molecule is CC(C)(C)c1cc(-c2c3nc(c(-c4ccc(C#Cc5ccc(C(=O)O)cc5)cc4)c4ccc([nH]4)c(-c4ccc(C#Cc5ccc(C(=O)O)cc5)cc4)c4nc(c(-c5ccc(C#Cc6ccc(C(=O)O)cc6)cc5)c5ccc2[nH]5)C=C4)C=C3)cc(C(C)(C)C)c1. The topological polar surface area (TPSA) is 169 Å². The summed E-state index contributed by atoms with van der Waals surface area (Å²) in [6.07, 6.45) is 8.30. The molecule has 7 aromatic carbocycles. The van der Waals surface area contributed by atoms with E-state index in [1.807, 2.05) is 48.5 Å². The van der Waals surface area contributed by atoms with Crippen LogP contribution in [-0.2, 0) is 10.8 Å². The minimum atomic E-state index is -0.997. The molecular weight excluding hydrogens is 1100 g/mol. The summed E-state index contributed by atoms with van der Waals surface area (Å²) < 4.78 is 0. The van der Waals surface area contributed by atoms with Crippen LogP contribution in [0.5, 0.6) is 0 Å². The van der Waals surface area contributed by atoms with Gasteiger partial charge in [0.2, 0.25) is 0 Å². The minimum absolute atomic E-state index is 0.177.